The van der Waals surface area contributed by atoms with Gasteiger partial charge in [-0.05, 0) is 29.9 Å². The number of methoxy groups -OCH3 is 1. The van der Waals surface area contributed by atoms with Crippen LogP contribution in [0.5, 0.6) is 5.75 Å². The average molecular weight is 223 g/mol. The van der Waals surface area contributed by atoms with E-state index in [2.05, 4.69) is 13.8 Å². The minimum absolute atomic E-state index is 0.0600. The van der Waals surface area contributed by atoms with Crippen LogP contribution in [0.25, 0.3) is 0 Å². The molecule has 0 amide bonds. The molecule has 1 fully saturated rings. The highest BCUT2D eigenvalue weighted by atomic mass is 19.1. The standard InChI is InChI=1S/C13H18FNO/c1-13(2)8(7-11(13)15)12-9(14)5-4-6-10(12)16-3/h4-6,8,11H,7,15H2,1-3H3. The van der Waals surface area contributed by atoms with Crippen LogP contribution in [0.2, 0.25) is 0 Å². The minimum atomic E-state index is -0.190. The zero-order chi connectivity index (χ0) is 11.9. The van der Waals surface area contributed by atoms with E-state index in [1.54, 1.807) is 19.2 Å². The lowest BCUT2D eigenvalue weighted by Gasteiger charge is -2.51. The number of halogens is 1. The molecular weight excluding hydrogens is 205 g/mol. The van der Waals surface area contributed by atoms with E-state index >= 15 is 0 Å². The molecule has 1 saturated carbocycles. The molecule has 1 aliphatic rings. The Kier molecular flexibility index (Phi) is 2.66. The second-order valence-electron chi connectivity index (χ2n) is 5.07. The van der Waals surface area contributed by atoms with E-state index in [0.29, 0.717) is 11.3 Å². The summed E-state index contributed by atoms with van der Waals surface area (Å²) in [4.78, 5) is 0. The predicted molar refractivity (Wildman–Crippen MR) is 62.1 cm³/mol. The quantitative estimate of drug-likeness (QED) is 0.836. The van der Waals surface area contributed by atoms with Crippen LogP contribution in [-0.2, 0) is 0 Å². The van der Waals surface area contributed by atoms with Crippen LogP contribution in [-0.4, -0.2) is 13.2 Å². The van der Waals surface area contributed by atoms with Crippen LogP contribution in [0.4, 0.5) is 4.39 Å². The first-order chi connectivity index (χ1) is 7.48. The van der Waals surface area contributed by atoms with Crippen molar-refractivity contribution in [2.75, 3.05) is 7.11 Å². The van der Waals surface area contributed by atoms with Gasteiger partial charge in [0.25, 0.3) is 0 Å². The van der Waals surface area contributed by atoms with Gasteiger partial charge in [-0.2, -0.15) is 0 Å². The zero-order valence-electron chi connectivity index (χ0n) is 9.96. The van der Waals surface area contributed by atoms with Gasteiger partial charge in [0.2, 0.25) is 0 Å². The maximum atomic E-state index is 13.9. The summed E-state index contributed by atoms with van der Waals surface area (Å²) in [5.74, 6) is 0.591. The maximum absolute atomic E-state index is 13.9. The summed E-state index contributed by atoms with van der Waals surface area (Å²) in [5.41, 5.74) is 6.58. The number of hydrogen-bond donors (Lipinski definition) is 1. The molecule has 3 heteroatoms. The molecule has 2 nitrogen and oxygen atoms in total. The largest absolute Gasteiger partial charge is 0.496 e. The molecule has 0 bridgehead atoms. The van der Waals surface area contributed by atoms with Crippen molar-refractivity contribution in [1.82, 2.24) is 0 Å². The molecule has 0 aromatic heterocycles. The van der Waals surface area contributed by atoms with Crippen molar-refractivity contribution < 1.29 is 9.13 Å². The van der Waals surface area contributed by atoms with Crippen LogP contribution < -0.4 is 10.5 Å². The van der Waals surface area contributed by atoms with E-state index in [1.807, 2.05) is 0 Å². The van der Waals surface area contributed by atoms with E-state index in [-0.39, 0.29) is 23.2 Å². The van der Waals surface area contributed by atoms with Gasteiger partial charge in [-0.15, -0.1) is 0 Å². The lowest BCUT2D eigenvalue weighted by Crippen LogP contribution is -2.53. The number of hydrogen-bond acceptors (Lipinski definition) is 2. The fourth-order valence-electron chi connectivity index (χ4n) is 2.48. The molecule has 0 heterocycles. The summed E-state index contributed by atoms with van der Waals surface area (Å²) in [6, 6.07) is 5.10. The highest BCUT2D eigenvalue weighted by Gasteiger charge is 2.48. The first-order valence-corrected chi connectivity index (χ1v) is 5.56. The Hall–Kier alpha value is -1.09. The van der Waals surface area contributed by atoms with Crippen molar-refractivity contribution in [1.29, 1.82) is 0 Å². The summed E-state index contributed by atoms with van der Waals surface area (Å²) >= 11 is 0. The Balaban J connectivity index is 2.42. The summed E-state index contributed by atoms with van der Waals surface area (Å²) in [6.07, 6.45) is 0.824. The summed E-state index contributed by atoms with van der Waals surface area (Å²) in [7, 11) is 1.57. The molecule has 16 heavy (non-hydrogen) atoms. The van der Waals surface area contributed by atoms with Crippen LogP contribution >= 0.6 is 0 Å². The molecular formula is C13H18FNO. The second kappa shape index (κ2) is 3.74. The van der Waals surface area contributed by atoms with E-state index in [1.165, 1.54) is 6.07 Å². The Bertz CT molecular complexity index is 403. The fourth-order valence-corrected chi connectivity index (χ4v) is 2.48. The topological polar surface area (TPSA) is 35.2 Å². The van der Waals surface area contributed by atoms with Crippen LogP contribution in [0, 0.1) is 11.2 Å². The van der Waals surface area contributed by atoms with Gasteiger partial charge < -0.3 is 10.5 Å². The lowest BCUT2D eigenvalue weighted by atomic mass is 9.56. The number of benzene rings is 1. The first-order valence-electron chi connectivity index (χ1n) is 5.56. The lowest BCUT2D eigenvalue weighted by molar-refractivity contribution is 0.0934. The van der Waals surface area contributed by atoms with Gasteiger partial charge in [0.05, 0.1) is 7.11 Å². The molecule has 1 aromatic rings. The van der Waals surface area contributed by atoms with E-state index in [4.69, 9.17) is 10.5 Å². The fraction of sp³-hybridized carbons (Fsp3) is 0.538. The van der Waals surface area contributed by atoms with Gasteiger partial charge in [0.15, 0.2) is 0 Å². The van der Waals surface area contributed by atoms with Crippen molar-refractivity contribution in [2.24, 2.45) is 11.1 Å². The molecule has 88 valence electrons. The second-order valence-corrected chi connectivity index (χ2v) is 5.07. The average Bonchev–Trinajstić information content (AvgIpc) is 2.26. The van der Waals surface area contributed by atoms with Crippen LogP contribution in [0.15, 0.2) is 18.2 Å². The van der Waals surface area contributed by atoms with Gasteiger partial charge in [0, 0.05) is 11.6 Å². The summed E-state index contributed by atoms with van der Waals surface area (Å²) in [5, 5.41) is 0. The Labute approximate surface area is 95.6 Å². The third kappa shape index (κ3) is 1.50. The normalized spacial score (nSPS) is 27.3. The molecule has 2 rings (SSSR count). The van der Waals surface area contributed by atoms with Gasteiger partial charge in [-0.3, -0.25) is 0 Å². The van der Waals surface area contributed by atoms with Crippen LogP contribution in [0.3, 0.4) is 0 Å². The van der Waals surface area contributed by atoms with Crippen molar-refractivity contribution in [3.8, 4) is 5.75 Å². The Morgan fingerprint density at radius 1 is 1.44 bits per heavy atom. The van der Waals surface area contributed by atoms with Crippen molar-refractivity contribution in [3.05, 3.63) is 29.6 Å². The molecule has 2 unspecified atom stereocenters. The van der Waals surface area contributed by atoms with Gasteiger partial charge in [-0.1, -0.05) is 19.9 Å². The monoisotopic (exact) mass is 223 g/mol. The van der Waals surface area contributed by atoms with Gasteiger partial charge in [0.1, 0.15) is 11.6 Å². The summed E-state index contributed by atoms with van der Waals surface area (Å²) in [6.45, 7) is 4.16. The number of ether oxygens (including phenoxy) is 1. The Morgan fingerprint density at radius 2 is 2.12 bits per heavy atom. The molecule has 0 spiro atoms. The smallest absolute Gasteiger partial charge is 0.130 e. The van der Waals surface area contributed by atoms with Crippen molar-refractivity contribution >= 4 is 0 Å². The van der Waals surface area contributed by atoms with E-state index in [0.717, 1.165) is 6.42 Å². The molecule has 2 N–H and O–H groups in total. The van der Waals surface area contributed by atoms with Crippen LogP contribution in [0.1, 0.15) is 31.7 Å². The van der Waals surface area contributed by atoms with Crippen molar-refractivity contribution in [2.45, 2.75) is 32.2 Å². The molecule has 0 aliphatic heterocycles. The molecule has 1 aromatic carbocycles. The summed E-state index contributed by atoms with van der Waals surface area (Å²) < 4.78 is 19.1. The molecule has 0 radical (unpaired) electrons. The van der Waals surface area contributed by atoms with Crippen molar-refractivity contribution in [3.63, 3.8) is 0 Å². The number of nitrogens with two attached hydrogens (primary N) is 1. The molecule has 1 aliphatic carbocycles. The maximum Gasteiger partial charge on any atom is 0.130 e. The SMILES string of the molecule is COc1cccc(F)c1C1CC(N)C1(C)C. The van der Waals surface area contributed by atoms with E-state index < -0.39 is 0 Å². The highest BCUT2D eigenvalue weighted by Crippen LogP contribution is 2.54. The number of rotatable bonds is 2. The zero-order valence-corrected chi connectivity index (χ0v) is 9.96. The molecule has 0 saturated heterocycles. The minimum Gasteiger partial charge on any atom is -0.496 e. The van der Waals surface area contributed by atoms with E-state index in [9.17, 15) is 4.39 Å². The molecule has 2 atom stereocenters. The third-order valence-corrected chi connectivity index (χ3v) is 3.92. The highest BCUT2D eigenvalue weighted by molar-refractivity contribution is 5.41. The third-order valence-electron chi connectivity index (χ3n) is 3.92. The van der Waals surface area contributed by atoms with Gasteiger partial charge >= 0.3 is 0 Å². The predicted octanol–water partition coefficient (Wildman–Crippen LogP) is 2.68. The first kappa shape index (κ1) is 11.4. The van der Waals surface area contributed by atoms with Gasteiger partial charge in [-0.25, -0.2) is 4.39 Å². The Morgan fingerprint density at radius 3 is 2.62 bits per heavy atom.